The topological polar surface area (TPSA) is 50.7 Å². The summed E-state index contributed by atoms with van der Waals surface area (Å²) < 4.78 is 0. The van der Waals surface area contributed by atoms with Crippen LogP contribution in [0.2, 0.25) is 0 Å². The minimum absolute atomic E-state index is 0.838. The van der Waals surface area contributed by atoms with Crippen molar-refractivity contribution in [2.75, 3.05) is 5.32 Å². The highest BCUT2D eigenvalue weighted by molar-refractivity contribution is 7.19. The third-order valence-corrected chi connectivity index (χ3v) is 6.11. The van der Waals surface area contributed by atoms with E-state index in [4.69, 9.17) is 0 Å². The highest BCUT2D eigenvalue weighted by Gasteiger charge is 2.16. The number of nitrogens with zero attached hydrogens (tertiary/aromatic N) is 3. The molecule has 0 amide bonds. The molecular weight excluding hydrogens is 388 g/mol. The molecule has 0 aliphatic rings. The maximum Gasteiger partial charge on any atom is 0.143 e. The van der Waals surface area contributed by atoms with Crippen molar-refractivity contribution in [1.82, 2.24) is 15.0 Å². The first-order valence-corrected chi connectivity index (χ1v) is 10.6. The van der Waals surface area contributed by atoms with E-state index in [1.54, 1.807) is 17.7 Å². The van der Waals surface area contributed by atoms with Crippen LogP contribution in [-0.4, -0.2) is 15.0 Å². The lowest BCUT2D eigenvalue weighted by atomic mass is 10.0. The summed E-state index contributed by atoms with van der Waals surface area (Å²) in [6.07, 6.45) is 6.19. The molecule has 0 aliphatic carbocycles. The van der Waals surface area contributed by atoms with Crippen LogP contribution in [0.1, 0.15) is 16.0 Å². The molecule has 0 atom stereocenters. The van der Waals surface area contributed by atoms with Crippen LogP contribution in [0.5, 0.6) is 0 Å². The molecule has 0 bridgehead atoms. The van der Waals surface area contributed by atoms with Crippen molar-refractivity contribution < 1.29 is 0 Å². The van der Waals surface area contributed by atoms with Crippen LogP contribution in [0.25, 0.3) is 21.3 Å². The lowest BCUT2D eigenvalue weighted by molar-refractivity contribution is 1.16. The Morgan fingerprint density at radius 1 is 0.833 bits per heavy atom. The molecule has 146 valence electrons. The van der Waals surface area contributed by atoms with E-state index < -0.39 is 0 Å². The zero-order valence-corrected chi connectivity index (χ0v) is 17.4. The molecule has 0 aliphatic heterocycles. The predicted octanol–water partition coefficient (Wildman–Crippen LogP) is 6.40. The molecule has 0 saturated carbocycles. The van der Waals surface area contributed by atoms with E-state index in [1.807, 2.05) is 30.6 Å². The molecular formula is C25H20N4S. The average Bonchev–Trinajstić information content (AvgIpc) is 3.13. The van der Waals surface area contributed by atoms with Gasteiger partial charge in [-0.05, 0) is 54.3 Å². The Morgan fingerprint density at radius 2 is 1.57 bits per heavy atom. The number of aryl methyl sites for hydroxylation is 1. The van der Waals surface area contributed by atoms with Crippen molar-refractivity contribution in [2.45, 2.75) is 13.3 Å². The second kappa shape index (κ2) is 8.05. The number of nitrogens with one attached hydrogen (secondary N) is 1. The Kier molecular flexibility index (Phi) is 4.95. The van der Waals surface area contributed by atoms with Crippen molar-refractivity contribution in [3.63, 3.8) is 0 Å². The van der Waals surface area contributed by atoms with Crippen LogP contribution in [0.4, 0.5) is 11.5 Å². The number of thiophene rings is 1. The van der Waals surface area contributed by atoms with Crippen LogP contribution in [0.3, 0.4) is 0 Å². The number of rotatable bonds is 5. The Bertz CT molecular complexity index is 1280. The zero-order valence-electron chi connectivity index (χ0n) is 16.5. The van der Waals surface area contributed by atoms with Crippen LogP contribution in [0, 0.1) is 6.92 Å². The van der Waals surface area contributed by atoms with Gasteiger partial charge in [0, 0.05) is 28.5 Å². The van der Waals surface area contributed by atoms with Gasteiger partial charge < -0.3 is 5.32 Å². The number of benzene rings is 2. The first-order chi connectivity index (χ1) is 14.8. The fourth-order valence-corrected chi connectivity index (χ4v) is 4.68. The molecule has 4 nitrogen and oxygen atoms in total. The Labute approximate surface area is 179 Å². The smallest absolute Gasteiger partial charge is 0.143 e. The second-order valence-corrected chi connectivity index (χ2v) is 8.36. The average molecular weight is 409 g/mol. The van der Waals surface area contributed by atoms with Gasteiger partial charge in [0.25, 0.3) is 0 Å². The minimum atomic E-state index is 0.838. The van der Waals surface area contributed by atoms with E-state index >= 15 is 0 Å². The highest BCUT2D eigenvalue weighted by atomic mass is 32.1. The van der Waals surface area contributed by atoms with Gasteiger partial charge in [-0.25, -0.2) is 9.97 Å². The summed E-state index contributed by atoms with van der Waals surface area (Å²) >= 11 is 1.71. The highest BCUT2D eigenvalue weighted by Crippen LogP contribution is 2.40. The maximum absolute atomic E-state index is 4.57. The second-order valence-electron chi connectivity index (χ2n) is 7.16. The number of aromatic nitrogens is 3. The molecule has 1 N–H and O–H groups in total. The molecule has 30 heavy (non-hydrogen) atoms. The summed E-state index contributed by atoms with van der Waals surface area (Å²) in [5, 5.41) is 4.58. The standard InChI is InChI=1S/C25H20N4S/c1-17-22(20-5-3-2-4-6-20)23-24(27-16-28-25(23)30-17)29-21-9-7-18(8-10-21)15-19-11-13-26-14-12-19/h2-14,16H,15H2,1H3,(H,27,28,29). The van der Waals surface area contributed by atoms with E-state index in [0.29, 0.717) is 0 Å². The first kappa shape index (κ1) is 18.5. The van der Waals surface area contributed by atoms with Crippen molar-refractivity contribution in [3.05, 3.63) is 101 Å². The quantitative estimate of drug-likeness (QED) is 0.366. The largest absolute Gasteiger partial charge is 0.340 e. The van der Waals surface area contributed by atoms with Gasteiger partial charge in [-0.1, -0.05) is 42.5 Å². The predicted molar refractivity (Wildman–Crippen MR) is 124 cm³/mol. The van der Waals surface area contributed by atoms with Crippen LogP contribution < -0.4 is 5.32 Å². The molecule has 3 heterocycles. The third kappa shape index (κ3) is 3.67. The van der Waals surface area contributed by atoms with Gasteiger partial charge in [-0.2, -0.15) is 0 Å². The fourth-order valence-electron chi connectivity index (χ4n) is 3.67. The van der Waals surface area contributed by atoms with E-state index in [0.717, 1.165) is 28.1 Å². The zero-order chi connectivity index (χ0) is 20.3. The molecule has 5 rings (SSSR count). The molecule has 3 aromatic heterocycles. The van der Waals surface area contributed by atoms with Crippen molar-refractivity contribution >= 4 is 33.1 Å². The fraction of sp³-hybridized carbons (Fsp3) is 0.0800. The SMILES string of the molecule is Cc1sc2ncnc(Nc3ccc(Cc4ccncc4)cc3)c2c1-c1ccccc1. The molecule has 0 unspecified atom stereocenters. The minimum Gasteiger partial charge on any atom is -0.340 e. The summed E-state index contributed by atoms with van der Waals surface area (Å²) in [5.74, 6) is 0.838. The Hall–Kier alpha value is -3.57. The molecule has 5 heteroatoms. The van der Waals surface area contributed by atoms with Gasteiger partial charge in [-0.15, -0.1) is 11.3 Å². The molecule has 0 fully saturated rings. The summed E-state index contributed by atoms with van der Waals surface area (Å²) in [6, 6.07) is 23.1. The number of anilines is 2. The van der Waals surface area contributed by atoms with Crippen molar-refractivity contribution in [1.29, 1.82) is 0 Å². The van der Waals surface area contributed by atoms with Crippen LogP contribution >= 0.6 is 11.3 Å². The third-order valence-electron chi connectivity index (χ3n) is 5.10. The van der Waals surface area contributed by atoms with E-state index in [1.165, 1.54) is 27.1 Å². The molecule has 5 aromatic rings. The molecule has 0 radical (unpaired) electrons. The Morgan fingerprint density at radius 3 is 2.33 bits per heavy atom. The molecule has 0 saturated heterocycles. The first-order valence-electron chi connectivity index (χ1n) is 9.82. The normalized spacial score (nSPS) is 11.0. The van der Waals surface area contributed by atoms with Gasteiger partial charge in [0.2, 0.25) is 0 Å². The van der Waals surface area contributed by atoms with E-state index in [2.05, 4.69) is 75.7 Å². The van der Waals surface area contributed by atoms with E-state index in [-0.39, 0.29) is 0 Å². The van der Waals surface area contributed by atoms with Gasteiger partial charge in [0.1, 0.15) is 17.0 Å². The number of pyridine rings is 1. The summed E-state index contributed by atoms with van der Waals surface area (Å²) in [6.45, 7) is 2.15. The van der Waals surface area contributed by atoms with Gasteiger partial charge in [0.05, 0.1) is 5.39 Å². The van der Waals surface area contributed by atoms with Crippen LogP contribution in [0.15, 0.2) is 85.5 Å². The van der Waals surface area contributed by atoms with Gasteiger partial charge in [-0.3, -0.25) is 4.98 Å². The van der Waals surface area contributed by atoms with E-state index in [9.17, 15) is 0 Å². The van der Waals surface area contributed by atoms with Gasteiger partial charge >= 0.3 is 0 Å². The summed E-state index contributed by atoms with van der Waals surface area (Å²) in [7, 11) is 0. The summed E-state index contributed by atoms with van der Waals surface area (Å²) in [4.78, 5) is 15.4. The monoisotopic (exact) mass is 408 g/mol. The van der Waals surface area contributed by atoms with Gasteiger partial charge in [0.15, 0.2) is 0 Å². The number of hydrogen-bond acceptors (Lipinski definition) is 5. The Balaban J connectivity index is 1.47. The van der Waals surface area contributed by atoms with Crippen molar-refractivity contribution in [3.8, 4) is 11.1 Å². The summed E-state index contributed by atoms with van der Waals surface area (Å²) in [5.41, 5.74) is 5.91. The molecule has 0 spiro atoms. The van der Waals surface area contributed by atoms with Crippen LogP contribution in [-0.2, 0) is 6.42 Å². The lowest BCUT2D eigenvalue weighted by Gasteiger charge is -2.10. The lowest BCUT2D eigenvalue weighted by Crippen LogP contribution is -1.96. The van der Waals surface area contributed by atoms with Crippen molar-refractivity contribution in [2.24, 2.45) is 0 Å². The number of fused-ring (bicyclic) bond motifs is 1. The maximum atomic E-state index is 4.57. The number of hydrogen-bond donors (Lipinski definition) is 1. The molecule has 2 aromatic carbocycles.